The van der Waals surface area contributed by atoms with Crippen molar-refractivity contribution in [2.75, 3.05) is 7.05 Å². The van der Waals surface area contributed by atoms with Gasteiger partial charge in [0.25, 0.3) is 0 Å². The molecule has 0 aromatic heterocycles. The van der Waals surface area contributed by atoms with E-state index in [0.717, 1.165) is 18.5 Å². The fraction of sp³-hybridized carbons (Fsp3) is 0.429. The maximum absolute atomic E-state index is 3.88. The summed E-state index contributed by atoms with van der Waals surface area (Å²) in [6, 6.07) is 0. The molecule has 2 nitrogen and oxygen atoms in total. The topological polar surface area (TPSA) is 24.7 Å². The molecule has 0 heterocycles. The zero-order valence-electron chi connectivity index (χ0n) is 5.54. The Balaban J connectivity index is 2.58. The Morgan fingerprint density at radius 3 is 2.89 bits per heavy atom. The van der Waals surface area contributed by atoms with Gasteiger partial charge in [0.1, 0.15) is 0 Å². The van der Waals surface area contributed by atoms with Crippen LogP contribution in [0.25, 0.3) is 0 Å². The first-order valence-corrected chi connectivity index (χ1v) is 3.10. The van der Waals surface area contributed by atoms with Crippen LogP contribution in [0.5, 0.6) is 0 Å². The summed E-state index contributed by atoms with van der Waals surface area (Å²) < 4.78 is 0. The first-order valence-electron chi connectivity index (χ1n) is 3.10. The van der Waals surface area contributed by atoms with Crippen molar-refractivity contribution in [2.24, 2.45) is 10.2 Å². The Morgan fingerprint density at radius 2 is 2.33 bits per heavy atom. The molecule has 0 aliphatic heterocycles. The largest absolute Gasteiger partial charge is 0.192 e. The molecule has 9 heavy (non-hydrogen) atoms. The number of nitrogens with zero attached hydrogens (tertiary/aromatic N) is 2. The second-order valence-electron chi connectivity index (χ2n) is 1.91. The van der Waals surface area contributed by atoms with Crippen LogP contribution < -0.4 is 0 Å². The number of azo groups is 1. The predicted octanol–water partition coefficient (Wildman–Crippen LogP) is 2.30. The van der Waals surface area contributed by atoms with Gasteiger partial charge < -0.3 is 0 Å². The molecular formula is C7H10N2. The van der Waals surface area contributed by atoms with Gasteiger partial charge in [-0.05, 0) is 18.9 Å². The number of hydrogen-bond acceptors (Lipinski definition) is 2. The van der Waals surface area contributed by atoms with Gasteiger partial charge >= 0.3 is 0 Å². The molecule has 48 valence electrons. The summed E-state index contributed by atoms with van der Waals surface area (Å²) in [4.78, 5) is 0. The van der Waals surface area contributed by atoms with Crippen LogP contribution in [0.1, 0.15) is 12.8 Å². The normalized spacial score (nSPS) is 18.6. The maximum Gasteiger partial charge on any atom is 0.0809 e. The van der Waals surface area contributed by atoms with E-state index < -0.39 is 0 Å². The standard InChI is InChI=1S/C7H10N2/c1-8-9-7-5-3-2-4-6-7/h3,5-6H,2,4H2,1H3. The highest BCUT2D eigenvalue weighted by atomic mass is 15.1. The van der Waals surface area contributed by atoms with Crippen molar-refractivity contribution in [3.8, 4) is 0 Å². The minimum Gasteiger partial charge on any atom is -0.192 e. The van der Waals surface area contributed by atoms with Gasteiger partial charge in [-0.1, -0.05) is 12.2 Å². The van der Waals surface area contributed by atoms with E-state index in [1.807, 2.05) is 6.08 Å². The molecule has 1 rings (SSSR count). The minimum atomic E-state index is 0.990. The van der Waals surface area contributed by atoms with Crippen molar-refractivity contribution < 1.29 is 0 Å². The fourth-order valence-corrected chi connectivity index (χ4v) is 0.789. The number of rotatable bonds is 1. The van der Waals surface area contributed by atoms with Crippen molar-refractivity contribution in [3.05, 3.63) is 23.9 Å². The Labute approximate surface area is 55.0 Å². The van der Waals surface area contributed by atoms with Gasteiger partial charge in [-0.3, -0.25) is 0 Å². The van der Waals surface area contributed by atoms with Crippen LogP contribution in [0.4, 0.5) is 0 Å². The molecule has 0 N–H and O–H groups in total. The summed E-state index contributed by atoms with van der Waals surface area (Å²) in [6.07, 6.45) is 8.45. The molecule has 0 bridgehead atoms. The maximum atomic E-state index is 3.88. The highest BCUT2D eigenvalue weighted by Crippen LogP contribution is 2.09. The molecule has 0 aromatic rings. The van der Waals surface area contributed by atoms with Crippen LogP contribution in [-0.4, -0.2) is 7.05 Å². The Bertz CT molecular complexity index is 162. The summed E-state index contributed by atoms with van der Waals surface area (Å²) >= 11 is 0. The van der Waals surface area contributed by atoms with Crippen LogP contribution >= 0.6 is 0 Å². The Morgan fingerprint density at radius 1 is 1.44 bits per heavy atom. The average Bonchev–Trinajstić information content (AvgIpc) is 1.91. The van der Waals surface area contributed by atoms with E-state index >= 15 is 0 Å². The summed E-state index contributed by atoms with van der Waals surface area (Å²) in [5.74, 6) is 0. The molecule has 0 aromatic carbocycles. The Hall–Kier alpha value is -0.920. The lowest BCUT2D eigenvalue weighted by Crippen LogP contribution is -1.78. The van der Waals surface area contributed by atoms with E-state index in [9.17, 15) is 0 Å². The third-order valence-corrected chi connectivity index (χ3v) is 1.19. The lowest BCUT2D eigenvalue weighted by Gasteiger charge is -1.97. The first-order chi connectivity index (χ1) is 4.43. The van der Waals surface area contributed by atoms with Crippen LogP contribution in [0, 0.1) is 0 Å². The minimum absolute atomic E-state index is 0.990. The van der Waals surface area contributed by atoms with E-state index in [-0.39, 0.29) is 0 Å². The second-order valence-corrected chi connectivity index (χ2v) is 1.91. The molecule has 0 radical (unpaired) electrons. The van der Waals surface area contributed by atoms with Crippen LogP contribution in [0.2, 0.25) is 0 Å². The summed E-state index contributed by atoms with van der Waals surface area (Å²) in [6.45, 7) is 0. The predicted molar refractivity (Wildman–Crippen MR) is 37.2 cm³/mol. The molecule has 0 unspecified atom stereocenters. The van der Waals surface area contributed by atoms with Gasteiger partial charge in [-0.25, -0.2) is 0 Å². The zero-order chi connectivity index (χ0) is 6.53. The lowest BCUT2D eigenvalue weighted by molar-refractivity contribution is 0.986. The molecule has 0 saturated carbocycles. The molecular weight excluding hydrogens is 112 g/mol. The lowest BCUT2D eigenvalue weighted by atomic mass is 10.2. The quantitative estimate of drug-likeness (QED) is 0.477. The van der Waals surface area contributed by atoms with E-state index in [1.165, 1.54) is 0 Å². The summed E-state index contributed by atoms with van der Waals surface area (Å²) in [7, 11) is 1.68. The van der Waals surface area contributed by atoms with Crippen molar-refractivity contribution in [3.63, 3.8) is 0 Å². The molecule has 0 atom stereocenters. The van der Waals surface area contributed by atoms with Crippen molar-refractivity contribution in [2.45, 2.75) is 12.8 Å². The van der Waals surface area contributed by atoms with E-state index in [2.05, 4.69) is 22.4 Å². The molecule has 1 aliphatic rings. The van der Waals surface area contributed by atoms with Crippen molar-refractivity contribution in [1.29, 1.82) is 0 Å². The molecule has 2 heteroatoms. The van der Waals surface area contributed by atoms with E-state index in [1.54, 1.807) is 7.05 Å². The summed E-state index contributed by atoms with van der Waals surface area (Å²) in [5.41, 5.74) is 0.990. The van der Waals surface area contributed by atoms with Gasteiger partial charge in [0.2, 0.25) is 0 Å². The van der Waals surface area contributed by atoms with Crippen LogP contribution in [-0.2, 0) is 0 Å². The van der Waals surface area contributed by atoms with Crippen molar-refractivity contribution >= 4 is 0 Å². The molecule has 1 aliphatic carbocycles. The SMILES string of the molecule is CN=NC1=CCCC=C1. The average molecular weight is 122 g/mol. The fourth-order valence-electron chi connectivity index (χ4n) is 0.789. The van der Waals surface area contributed by atoms with Crippen LogP contribution in [0.15, 0.2) is 34.2 Å². The van der Waals surface area contributed by atoms with Gasteiger partial charge in [0, 0.05) is 7.05 Å². The second kappa shape index (κ2) is 3.17. The van der Waals surface area contributed by atoms with Gasteiger partial charge in [-0.2, -0.15) is 10.2 Å². The molecule has 0 saturated heterocycles. The third kappa shape index (κ3) is 1.80. The van der Waals surface area contributed by atoms with Crippen LogP contribution in [0.3, 0.4) is 0 Å². The smallest absolute Gasteiger partial charge is 0.0809 e. The number of hydrogen-bond donors (Lipinski definition) is 0. The number of allylic oxidation sites excluding steroid dienone is 3. The van der Waals surface area contributed by atoms with Gasteiger partial charge in [0.05, 0.1) is 5.70 Å². The Kier molecular flexibility index (Phi) is 2.19. The van der Waals surface area contributed by atoms with Gasteiger partial charge in [0.15, 0.2) is 0 Å². The first kappa shape index (κ1) is 6.20. The third-order valence-electron chi connectivity index (χ3n) is 1.19. The molecule has 0 amide bonds. The highest BCUT2D eigenvalue weighted by molar-refractivity contribution is 5.19. The summed E-state index contributed by atoms with van der Waals surface area (Å²) in [5, 5.41) is 7.55. The molecule has 0 fully saturated rings. The van der Waals surface area contributed by atoms with E-state index in [0.29, 0.717) is 0 Å². The van der Waals surface area contributed by atoms with E-state index in [4.69, 9.17) is 0 Å². The molecule has 0 spiro atoms. The monoisotopic (exact) mass is 122 g/mol. The zero-order valence-corrected chi connectivity index (χ0v) is 5.54. The van der Waals surface area contributed by atoms with Crippen molar-refractivity contribution in [1.82, 2.24) is 0 Å². The highest BCUT2D eigenvalue weighted by Gasteiger charge is 1.91. The van der Waals surface area contributed by atoms with Gasteiger partial charge in [-0.15, -0.1) is 0 Å².